The molecule has 0 N–H and O–H groups in total. The number of nitrogens with zero attached hydrogens (tertiary/aromatic N) is 1. The lowest BCUT2D eigenvalue weighted by atomic mass is 9.79. The first kappa shape index (κ1) is 21.0. The van der Waals surface area contributed by atoms with Crippen molar-refractivity contribution in [1.82, 2.24) is 4.90 Å². The molecule has 1 heterocycles. The number of likely N-dealkylation sites (tertiary alicyclic amines) is 1. The maximum absolute atomic E-state index is 13.6. The third-order valence-corrected chi connectivity index (χ3v) is 6.01. The highest BCUT2D eigenvalue weighted by Gasteiger charge is 2.43. The molecule has 0 saturated carbocycles. The van der Waals surface area contributed by atoms with Crippen molar-refractivity contribution in [3.8, 4) is 0 Å². The van der Waals surface area contributed by atoms with Crippen LogP contribution in [0.25, 0.3) is 0 Å². The molecule has 1 fully saturated rings. The lowest BCUT2D eigenvalue weighted by molar-refractivity contribution is 0.0123. The van der Waals surface area contributed by atoms with Gasteiger partial charge in [0.2, 0.25) is 0 Å². The van der Waals surface area contributed by atoms with Crippen molar-refractivity contribution in [2.75, 3.05) is 6.54 Å². The Labute approximate surface area is 184 Å². The molecule has 0 radical (unpaired) electrons. The van der Waals surface area contributed by atoms with Crippen LogP contribution in [0.3, 0.4) is 0 Å². The highest BCUT2D eigenvalue weighted by Crippen LogP contribution is 2.33. The fourth-order valence-electron chi connectivity index (χ4n) is 3.93. The van der Waals surface area contributed by atoms with E-state index in [1.54, 1.807) is 0 Å². The number of halogens is 4. The van der Waals surface area contributed by atoms with Gasteiger partial charge in [0.1, 0.15) is 11.6 Å². The van der Waals surface area contributed by atoms with Crippen LogP contribution in [0.15, 0.2) is 66.7 Å². The normalized spacial score (nSPS) is 18.8. The summed E-state index contributed by atoms with van der Waals surface area (Å²) in [5.74, 6) is -2.07. The molecule has 0 aromatic heterocycles. The average molecular weight is 446 g/mol. The van der Waals surface area contributed by atoms with E-state index in [-0.39, 0.29) is 23.3 Å². The standard InChI is InChI=1S/C24H19Cl2F2NO/c25-18-5-1-15(2-6-18)9-23-22(24(30)17-10-20(27)12-21(28)11-17)14-29(23)13-16-3-7-19(26)8-4-16/h1-8,10-12,22-23H,9,13-14H2. The van der Waals surface area contributed by atoms with Gasteiger partial charge in [-0.1, -0.05) is 47.5 Å². The van der Waals surface area contributed by atoms with E-state index in [1.807, 2.05) is 48.5 Å². The smallest absolute Gasteiger partial charge is 0.169 e. The summed E-state index contributed by atoms with van der Waals surface area (Å²) in [5, 5.41) is 1.31. The Kier molecular flexibility index (Phi) is 6.19. The largest absolute Gasteiger partial charge is 0.294 e. The van der Waals surface area contributed by atoms with Crippen LogP contribution in [-0.2, 0) is 13.0 Å². The Morgan fingerprint density at radius 1 is 0.867 bits per heavy atom. The van der Waals surface area contributed by atoms with Crippen molar-refractivity contribution < 1.29 is 13.6 Å². The number of carbonyl (C=O) groups is 1. The summed E-state index contributed by atoms with van der Waals surface area (Å²) in [5.41, 5.74) is 2.21. The molecule has 1 aliphatic heterocycles. The molecule has 30 heavy (non-hydrogen) atoms. The van der Waals surface area contributed by atoms with Crippen LogP contribution >= 0.6 is 23.2 Å². The molecule has 2 unspecified atom stereocenters. The van der Waals surface area contributed by atoms with Gasteiger partial charge in [-0.25, -0.2) is 8.78 Å². The first-order chi connectivity index (χ1) is 14.4. The van der Waals surface area contributed by atoms with Gasteiger partial charge in [0.25, 0.3) is 0 Å². The fourth-order valence-corrected chi connectivity index (χ4v) is 4.19. The Morgan fingerprint density at radius 2 is 1.40 bits per heavy atom. The first-order valence-electron chi connectivity index (χ1n) is 9.62. The minimum Gasteiger partial charge on any atom is -0.294 e. The zero-order chi connectivity index (χ0) is 21.3. The minimum absolute atomic E-state index is 0.0738. The summed E-state index contributed by atoms with van der Waals surface area (Å²) < 4.78 is 27.3. The number of Topliss-reactive ketones (excluding diaryl/α,β-unsaturated/α-hetero) is 1. The molecule has 1 saturated heterocycles. The summed E-state index contributed by atoms with van der Waals surface area (Å²) in [6.07, 6.45) is 0.638. The predicted molar refractivity (Wildman–Crippen MR) is 115 cm³/mol. The number of benzene rings is 3. The molecule has 3 aromatic rings. The Morgan fingerprint density at radius 3 is 1.97 bits per heavy atom. The van der Waals surface area contributed by atoms with E-state index in [0.717, 1.165) is 29.3 Å². The van der Waals surface area contributed by atoms with Crippen LogP contribution in [0.5, 0.6) is 0 Å². The van der Waals surface area contributed by atoms with Crippen molar-refractivity contribution in [3.05, 3.63) is 105 Å². The van der Waals surface area contributed by atoms with Gasteiger partial charge in [-0.2, -0.15) is 0 Å². The molecular formula is C24H19Cl2F2NO. The van der Waals surface area contributed by atoms with E-state index in [1.165, 1.54) is 0 Å². The molecular weight excluding hydrogens is 427 g/mol. The monoisotopic (exact) mass is 445 g/mol. The Bertz CT molecular complexity index is 1030. The van der Waals surface area contributed by atoms with E-state index in [4.69, 9.17) is 23.2 Å². The third kappa shape index (κ3) is 4.72. The van der Waals surface area contributed by atoms with Crippen LogP contribution in [0.4, 0.5) is 8.78 Å². The van der Waals surface area contributed by atoms with Gasteiger partial charge in [0, 0.05) is 40.8 Å². The minimum atomic E-state index is -0.745. The van der Waals surface area contributed by atoms with Gasteiger partial charge in [-0.15, -0.1) is 0 Å². The fraction of sp³-hybridized carbons (Fsp3) is 0.208. The third-order valence-electron chi connectivity index (χ3n) is 5.51. The molecule has 0 amide bonds. The highest BCUT2D eigenvalue weighted by molar-refractivity contribution is 6.30. The van der Waals surface area contributed by atoms with Crippen LogP contribution in [0, 0.1) is 17.6 Å². The zero-order valence-electron chi connectivity index (χ0n) is 16.0. The Balaban J connectivity index is 1.56. The van der Waals surface area contributed by atoms with E-state index < -0.39 is 11.6 Å². The summed E-state index contributed by atoms with van der Waals surface area (Å²) in [7, 11) is 0. The van der Waals surface area contributed by atoms with E-state index in [0.29, 0.717) is 29.6 Å². The van der Waals surface area contributed by atoms with E-state index >= 15 is 0 Å². The SMILES string of the molecule is O=C(c1cc(F)cc(F)c1)C1CN(Cc2ccc(Cl)cc2)C1Cc1ccc(Cl)cc1. The quantitative estimate of drug-likeness (QED) is 0.421. The van der Waals surface area contributed by atoms with Gasteiger partial charge in [-0.05, 0) is 53.9 Å². The average Bonchev–Trinajstić information content (AvgIpc) is 2.70. The maximum atomic E-state index is 13.6. The first-order valence-corrected chi connectivity index (χ1v) is 10.4. The second-order valence-electron chi connectivity index (χ2n) is 7.58. The van der Waals surface area contributed by atoms with Crippen molar-refractivity contribution in [2.45, 2.75) is 19.0 Å². The molecule has 0 spiro atoms. The van der Waals surface area contributed by atoms with Gasteiger partial charge < -0.3 is 0 Å². The van der Waals surface area contributed by atoms with Gasteiger partial charge in [0.15, 0.2) is 5.78 Å². The second-order valence-corrected chi connectivity index (χ2v) is 8.46. The molecule has 3 aromatic carbocycles. The number of carbonyl (C=O) groups excluding carboxylic acids is 1. The number of hydrogen-bond acceptors (Lipinski definition) is 2. The topological polar surface area (TPSA) is 20.3 Å². The maximum Gasteiger partial charge on any atom is 0.169 e. The Hall–Kier alpha value is -2.27. The zero-order valence-corrected chi connectivity index (χ0v) is 17.5. The predicted octanol–water partition coefficient (Wildman–Crippen LogP) is 6.20. The summed E-state index contributed by atoms with van der Waals surface area (Å²) in [4.78, 5) is 15.2. The molecule has 0 bridgehead atoms. The summed E-state index contributed by atoms with van der Waals surface area (Å²) >= 11 is 12.0. The molecule has 6 heteroatoms. The molecule has 1 aliphatic rings. The number of ketones is 1. The summed E-state index contributed by atoms with van der Waals surface area (Å²) in [6.45, 7) is 1.19. The second kappa shape index (κ2) is 8.84. The molecule has 2 nitrogen and oxygen atoms in total. The van der Waals surface area contributed by atoms with Crippen molar-refractivity contribution in [3.63, 3.8) is 0 Å². The van der Waals surface area contributed by atoms with E-state index in [2.05, 4.69) is 4.90 Å². The van der Waals surface area contributed by atoms with E-state index in [9.17, 15) is 13.6 Å². The van der Waals surface area contributed by atoms with Crippen LogP contribution in [0.2, 0.25) is 10.0 Å². The molecule has 2 atom stereocenters. The lowest BCUT2D eigenvalue weighted by Crippen LogP contribution is -2.59. The molecule has 154 valence electrons. The van der Waals surface area contributed by atoms with Crippen LogP contribution in [0.1, 0.15) is 21.5 Å². The van der Waals surface area contributed by atoms with Gasteiger partial charge in [0.05, 0.1) is 5.92 Å². The van der Waals surface area contributed by atoms with Gasteiger partial charge >= 0.3 is 0 Å². The summed E-state index contributed by atoms with van der Waals surface area (Å²) in [6, 6.07) is 18.0. The lowest BCUT2D eigenvalue weighted by Gasteiger charge is -2.48. The van der Waals surface area contributed by atoms with Crippen LogP contribution in [-0.4, -0.2) is 23.3 Å². The van der Waals surface area contributed by atoms with Crippen molar-refractivity contribution in [2.24, 2.45) is 5.92 Å². The molecule has 4 rings (SSSR count). The van der Waals surface area contributed by atoms with Crippen molar-refractivity contribution >= 4 is 29.0 Å². The number of rotatable bonds is 6. The molecule has 0 aliphatic carbocycles. The number of hydrogen-bond donors (Lipinski definition) is 0. The highest BCUT2D eigenvalue weighted by atomic mass is 35.5. The van der Waals surface area contributed by atoms with Gasteiger partial charge in [-0.3, -0.25) is 9.69 Å². The van der Waals surface area contributed by atoms with Crippen molar-refractivity contribution in [1.29, 1.82) is 0 Å². The van der Waals surface area contributed by atoms with Crippen LogP contribution < -0.4 is 0 Å².